The number of halogens is 2. The summed E-state index contributed by atoms with van der Waals surface area (Å²) in [4.78, 5) is 14.3. The molecular formula is C17H16BrFN2O3S. The van der Waals surface area contributed by atoms with Crippen molar-refractivity contribution < 1.29 is 17.6 Å². The Labute approximate surface area is 154 Å². The summed E-state index contributed by atoms with van der Waals surface area (Å²) in [5.74, 6) is -0.617. The number of hydrogen-bond acceptors (Lipinski definition) is 3. The third-order valence-electron chi connectivity index (χ3n) is 4.08. The smallest absolute Gasteiger partial charge is 0.255 e. The Hall–Kier alpha value is -1.77. The minimum absolute atomic E-state index is 0.0551. The van der Waals surface area contributed by atoms with Crippen molar-refractivity contribution in [3.05, 3.63) is 64.4 Å². The Morgan fingerprint density at radius 3 is 2.16 bits per heavy atom. The van der Waals surface area contributed by atoms with Crippen molar-refractivity contribution in [1.82, 2.24) is 9.21 Å². The molecule has 0 saturated carbocycles. The number of nitrogens with zero attached hydrogens (tertiary/aromatic N) is 2. The van der Waals surface area contributed by atoms with E-state index in [1.54, 1.807) is 23.1 Å². The maximum atomic E-state index is 13.0. The minimum Gasteiger partial charge on any atom is -0.336 e. The molecule has 132 valence electrons. The number of piperazine rings is 1. The largest absolute Gasteiger partial charge is 0.336 e. The fourth-order valence-corrected chi connectivity index (χ4v) is 4.57. The summed E-state index contributed by atoms with van der Waals surface area (Å²) in [6, 6.07) is 11.9. The van der Waals surface area contributed by atoms with Crippen LogP contribution in [0.5, 0.6) is 0 Å². The first-order valence-electron chi connectivity index (χ1n) is 7.69. The van der Waals surface area contributed by atoms with Crippen LogP contribution in [0.1, 0.15) is 10.4 Å². The van der Waals surface area contributed by atoms with Gasteiger partial charge in [-0.3, -0.25) is 4.79 Å². The van der Waals surface area contributed by atoms with Gasteiger partial charge in [0.1, 0.15) is 5.82 Å². The van der Waals surface area contributed by atoms with Crippen molar-refractivity contribution in [2.45, 2.75) is 4.90 Å². The van der Waals surface area contributed by atoms with Crippen LogP contribution in [0.3, 0.4) is 0 Å². The molecule has 5 nitrogen and oxygen atoms in total. The fourth-order valence-electron chi connectivity index (χ4n) is 2.69. The highest BCUT2D eigenvalue weighted by Crippen LogP contribution is 2.21. The van der Waals surface area contributed by atoms with E-state index in [0.717, 1.165) is 12.1 Å². The molecular weight excluding hydrogens is 411 g/mol. The maximum absolute atomic E-state index is 13.0. The quantitative estimate of drug-likeness (QED) is 0.757. The molecule has 25 heavy (non-hydrogen) atoms. The molecule has 1 saturated heterocycles. The second-order valence-electron chi connectivity index (χ2n) is 5.63. The van der Waals surface area contributed by atoms with Crippen LogP contribution in [-0.4, -0.2) is 49.7 Å². The van der Waals surface area contributed by atoms with E-state index in [2.05, 4.69) is 15.9 Å². The molecule has 0 aromatic heterocycles. The SMILES string of the molecule is O=C(c1ccccc1Br)N1CCN(S(=O)(=O)c2ccc(F)cc2)CC1. The predicted octanol–water partition coefficient (Wildman–Crippen LogP) is 2.73. The lowest BCUT2D eigenvalue weighted by molar-refractivity contribution is 0.0697. The van der Waals surface area contributed by atoms with Crippen LogP contribution in [-0.2, 0) is 10.0 Å². The molecule has 1 amide bonds. The van der Waals surface area contributed by atoms with E-state index >= 15 is 0 Å². The minimum atomic E-state index is -3.68. The van der Waals surface area contributed by atoms with Crippen LogP contribution in [0.4, 0.5) is 4.39 Å². The molecule has 0 unspecified atom stereocenters. The van der Waals surface area contributed by atoms with Crippen molar-refractivity contribution in [2.75, 3.05) is 26.2 Å². The van der Waals surface area contributed by atoms with Gasteiger partial charge in [0.2, 0.25) is 10.0 Å². The number of rotatable bonds is 3. The fraction of sp³-hybridized carbons (Fsp3) is 0.235. The third-order valence-corrected chi connectivity index (χ3v) is 6.69. The molecule has 3 rings (SSSR count). The molecule has 1 aliphatic rings. The first-order valence-corrected chi connectivity index (χ1v) is 9.92. The zero-order chi connectivity index (χ0) is 18.0. The van der Waals surface area contributed by atoms with Crippen molar-refractivity contribution in [2.24, 2.45) is 0 Å². The van der Waals surface area contributed by atoms with Crippen molar-refractivity contribution in [3.63, 3.8) is 0 Å². The van der Waals surface area contributed by atoms with Crippen molar-refractivity contribution in [1.29, 1.82) is 0 Å². The van der Waals surface area contributed by atoms with Crippen LogP contribution in [0.15, 0.2) is 57.9 Å². The van der Waals surface area contributed by atoms with Gasteiger partial charge in [-0.15, -0.1) is 0 Å². The lowest BCUT2D eigenvalue weighted by atomic mass is 10.2. The maximum Gasteiger partial charge on any atom is 0.255 e. The summed E-state index contributed by atoms with van der Waals surface area (Å²) in [7, 11) is -3.68. The summed E-state index contributed by atoms with van der Waals surface area (Å²) >= 11 is 3.36. The van der Waals surface area contributed by atoms with Gasteiger partial charge >= 0.3 is 0 Å². The van der Waals surface area contributed by atoms with Gasteiger partial charge in [-0.05, 0) is 52.3 Å². The van der Waals surface area contributed by atoms with Crippen LogP contribution in [0, 0.1) is 5.82 Å². The van der Waals surface area contributed by atoms with Gasteiger partial charge < -0.3 is 4.90 Å². The molecule has 2 aromatic rings. The molecule has 1 heterocycles. The molecule has 1 fully saturated rings. The van der Waals surface area contributed by atoms with Crippen molar-refractivity contribution in [3.8, 4) is 0 Å². The molecule has 0 spiro atoms. The Bertz CT molecular complexity index is 879. The number of sulfonamides is 1. The van der Waals surface area contributed by atoms with Crippen LogP contribution < -0.4 is 0 Å². The van der Waals surface area contributed by atoms with E-state index in [1.165, 1.54) is 16.4 Å². The monoisotopic (exact) mass is 426 g/mol. The number of hydrogen-bond donors (Lipinski definition) is 0. The van der Waals surface area contributed by atoms with Gasteiger partial charge in [-0.25, -0.2) is 12.8 Å². The number of carbonyl (C=O) groups excluding carboxylic acids is 1. The Morgan fingerprint density at radius 1 is 0.960 bits per heavy atom. The Balaban J connectivity index is 1.70. The van der Waals surface area contributed by atoms with E-state index in [-0.39, 0.29) is 23.9 Å². The zero-order valence-electron chi connectivity index (χ0n) is 13.2. The second-order valence-corrected chi connectivity index (χ2v) is 8.42. The topological polar surface area (TPSA) is 57.7 Å². The standard InChI is InChI=1S/C17H16BrFN2O3S/c18-16-4-2-1-3-15(16)17(22)20-9-11-21(12-10-20)25(23,24)14-7-5-13(19)6-8-14/h1-8H,9-12H2. The average Bonchev–Trinajstić information content (AvgIpc) is 2.62. The highest BCUT2D eigenvalue weighted by molar-refractivity contribution is 9.10. The summed E-state index contributed by atoms with van der Waals surface area (Å²) in [6.45, 7) is 1.02. The van der Waals surface area contributed by atoms with E-state index in [9.17, 15) is 17.6 Å². The van der Waals surface area contributed by atoms with Crippen LogP contribution in [0.2, 0.25) is 0 Å². The molecule has 0 radical (unpaired) electrons. The second kappa shape index (κ2) is 7.23. The highest BCUT2D eigenvalue weighted by atomic mass is 79.9. The predicted molar refractivity (Wildman–Crippen MR) is 95.2 cm³/mol. The first-order chi connectivity index (χ1) is 11.9. The lowest BCUT2D eigenvalue weighted by Crippen LogP contribution is -2.50. The average molecular weight is 427 g/mol. The molecule has 0 aliphatic carbocycles. The van der Waals surface area contributed by atoms with E-state index in [4.69, 9.17) is 0 Å². The number of carbonyl (C=O) groups is 1. The number of benzene rings is 2. The lowest BCUT2D eigenvalue weighted by Gasteiger charge is -2.34. The number of amides is 1. The van der Waals surface area contributed by atoms with Gasteiger partial charge in [0, 0.05) is 30.7 Å². The molecule has 0 N–H and O–H groups in total. The molecule has 1 aliphatic heterocycles. The zero-order valence-corrected chi connectivity index (χ0v) is 15.6. The van der Waals surface area contributed by atoms with Gasteiger partial charge in [0.15, 0.2) is 0 Å². The summed E-state index contributed by atoms with van der Waals surface area (Å²) in [6.07, 6.45) is 0. The van der Waals surface area contributed by atoms with Gasteiger partial charge in [-0.1, -0.05) is 12.1 Å². The van der Waals surface area contributed by atoms with Gasteiger partial charge in [0.05, 0.1) is 10.5 Å². The molecule has 8 heteroatoms. The normalized spacial score (nSPS) is 16.0. The summed E-state index contributed by atoms with van der Waals surface area (Å²) in [5.41, 5.74) is 0.553. The van der Waals surface area contributed by atoms with Crippen molar-refractivity contribution >= 4 is 31.9 Å². The highest BCUT2D eigenvalue weighted by Gasteiger charge is 2.30. The molecule has 0 bridgehead atoms. The van der Waals surface area contributed by atoms with Gasteiger partial charge in [-0.2, -0.15) is 4.31 Å². The Kier molecular flexibility index (Phi) is 5.21. The van der Waals surface area contributed by atoms with Gasteiger partial charge in [0.25, 0.3) is 5.91 Å². The Morgan fingerprint density at radius 2 is 1.56 bits per heavy atom. The summed E-state index contributed by atoms with van der Waals surface area (Å²) < 4.78 is 40.2. The van der Waals surface area contributed by atoms with E-state index in [0.29, 0.717) is 23.1 Å². The van der Waals surface area contributed by atoms with Crippen LogP contribution in [0.25, 0.3) is 0 Å². The molecule has 2 aromatic carbocycles. The third kappa shape index (κ3) is 3.75. The summed E-state index contributed by atoms with van der Waals surface area (Å²) in [5, 5.41) is 0. The first kappa shape index (κ1) is 18.0. The van der Waals surface area contributed by atoms with E-state index in [1.807, 2.05) is 6.07 Å². The van der Waals surface area contributed by atoms with E-state index < -0.39 is 15.8 Å². The molecule has 0 atom stereocenters. The van der Waals surface area contributed by atoms with Crippen LogP contribution >= 0.6 is 15.9 Å².